The normalized spacial score (nSPS) is 18.4. The number of fused-ring (bicyclic) bond motifs is 1. The number of rotatable bonds is 9. The Balaban J connectivity index is 1.81. The van der Waals surface area contributed by atoms with Gasteiger partial charge in [0.15, 0.2) is 0 Å². The van der Waals surface area contributed by atoms with Gasteiger partial charge in [-0.1, -0.05) is 32.4 Å². The van der Waals surface area contributed by atoms with E-state index in [9.17, 15) is 19.2 Å². The van der Waals surface area contributed by atoms with Gasteiger partial charge in [-0.15, -0.1) is 0 Å². The minimum absolute atomic E-state index is 0.0895. The molecule has 2 aromatic rings. The fourth-order valence-corrected chi connectivity index (χ4v) is 5.03. The van der Waals surface area contributed by atoms with E-state index in [1.165, 1.54) is 14.2 Å². The maximum Gasteiger partial charge on any atom is 0.328 e. The van der Waals surface area contributed by atoms with Crippen LogP contribution in [0.1, 0.15) is 64.4 Å². The molecular formula is C27H37ClN4O6. The average molecular weight is 549 g/mol. The molecule has 1 aliphatic rings. The number of amides is 3. The van der Waals surface area contributed by atoms with Crippen LogP contribution in [0.15, 0.2) is 18.2 Å². The Bertz CT molecular complexity index is 1230. The number of carbonyl (C=O) groups excluding carboxylic acids is 4. The monoisotopic (exact) mass is 548 g/mol. The highest BCUT2D eigenvalue weighted by Gasteiger charge is 2.40. The zero-order valence-electron chi connectivity index (χ0n) is 22.9. The van der Waals surface area contributed by atoms with Crippen molar-refractivity contribution in [3.8, 4) is 5.75 Å². The number of nitrogens with one attached hydrogen (secondary N) is 4. The summed E-state index contributed by atoms with van der Waals surface area (Å²) in [6.45, 7) is 9.63. The summed E-state index contributed by atoms with van der Waals surface area (Å²) in [4.78, 5) is 54.6. The molecule has 1 fully saturated rings. The van der Waals surface area contributed by atoms with E-state index in [-0.39, 0.29) is 23.4 Å². The minimum Gasteiger partial charge on any atom is -0.497 e. The lowest BCUT2D eigenvalue weighted by Crippen LogP contribution is -2.53. The third-order valence-corrected chi connectivity index (χ3v) is 6.78. The molecule has 208 valence electrons. The summed E-state index contributed by atoms with van der Waals surface area (Å²) < 4.78 is 10.1. The molecule has 1 aromatic heterocycles. The number of aromatic amines is 1. The Morgan fingerprint density at radius 3 is 2.37 bits per heavy atom. The first kappa shape index (κ1) is 29.3. The van der Waals surface area contributed by atoms with E-state index in [0.29, 0.717) is 34.5 Å². The Morgan fingerprint density at radius 1 is 1.13 bits per heavy atom. The van der Waals surface area contributed by atoms with Crippen molar-refractivity contribution in [1.82, 2.24) is 20.9 Å². The van der Waals surface area contributed by atoms with Gasteiger partial charge in [-0.2, -0.15) is 0 Å². The Kier molecular flexibility index (Phi) is 8.65. The molecule has 0 saturated carbocycles. The van der Waals surface area contributed by atoms with Crippen molar-refractivity contribution < 1.29 is 28.7 Å². The Labute approximate surface area is 227 Å². The second-order valence-electron chi connectivity index (χ2n) is 11.6. The third kappa shape index (κ3) is 7.18. The summed E-state index contributed by atoms with van der Waals surface area (Å²) in [5.41, 5.74) is 0.0544. The van der Waals surface area contributed by atoms with Crippen molar-refractivity contribution in [3.63, 3.8) is 0 Å². The predicted molar refractivity (Wildman–Crippen MR) is 144 cm³/mol. The molecule has 4 N–H and O–H groups in total. The molecule has 3 atom stereocenters. The van der Waals surface area contributed by atoms with E-state index in [0.717, 1.165) is 0 Å². The van der Waals surface area contributed by atoms with Crippen molar-refractivity contribution in [3.05, 3.63) is 28.9 Å². The zero-order chi connectivity index (χ0) is 28.4. The molecule has 11 heteroatoms. The number of H-pyrrole nitrogens is 1. The maximum atomic E-state index is 13.4. The fraction of sp³-hybridized carbons (Fsp3) is 0.556. The van der Waals surface area contributed by atoms with Gasteiger partial charge in [0, 0.05) is 22.9 Å². The first-order valence-electron chi connectivity index (χ1n) is 12.5. The number of methoxy groups -OCH3 is 2. The molecule has 1 aliphatic heterocycles. The molecule has 1 unspecified atom stereocenters. The molecule has 0 spiro atoms. The van der Waals surface area contributed by atoms with E-state index in [1.807, 2.05) is 34.6 Å². The summed E-state index contributed by atoms with van der Waals surface area (Å²) in [6, 6.07) is 3.00. The second kappa shape index (κ2) is 11.2. The number of benzene rings is 1. The number of halogens is 1. The second-order valence-corrected chi connectivity index (χ2v) is 12.0. The Hall–Kier alpha value is -3.27. The van der Waals surface area contributed by atoms with Gasteiger partial charge in [0.1, 0.15) is 23.5 Å². The van der Waals surface area contributed by atoms with Crippen LogP contribution in [0.4, 0.5) is 0 Å². The summed E-state index contributed by atoms with van der Waals surface area (Å²) in [6.07, 6.45) is 0.904. The van der Waals surface area contributed by atoms with Crippen molar-refractivity contribution >= 4 is 46.2 Å². The molecule has 1 aromatic carbocycles. The highest BCUT2D eigenvalue weighted by Crippen LogP contribution is 2.30. The average Bonchev–Trinajstić information content (AvgIpc) is 3.36. The van der Waals surface area contributed by atoms with Crippen LogP contribution in [-0.4, -0.2) is 60.5 Å². The molecule has 0 bridgehead atoms. The lowest BCUT2D eigenvalue weighted by Gasteiger charge is -2.28. The van der Waals surface area contributed by atoms with Crippen LogP contribution in [0.3, 0.4) is 0 Å². The molecule has 3 amide bonds. The van der Waals surface area contributed by atoms with Crippen LogP contribution in [0.5, 0.6) is 5.75 Å². The molecular weight excluding hydrogens is 512 g/mol. The summed E-state index contributed by atoms with van der Waals surface area (Å²) in [5.74, 6) is -1.79. The molecule has 1 saturated heterocycles. The van der Waals surface area contributed by atoms with Gasteiger partial charge in [-0.25, -0.2) is 4.79 Å². The van der Waals surface area contributed by atoms with Crippen molar-refractivity contribution in [1.29, 1.82) is 0 Å². The molecule has 3 rings (SSSR count). The number of aromatic nitrogens is 1. The van der Waals surface area contributed by atoms with Gasteiger partial charge in [0.2, 0.25) is 11.8 Å². The Morgan fingerprint density at radius 2 is 1.82 bits per heavy atom. The minimum atomic E-state index is -1.05. The van der Waals surface area contributed by atoms with Gasteiger partial charge in [0.05, 0.1) is 24.8 Å². The lowest BCUT2D eigenvalue weighted by atomic mass is 9.87. The van der Waals surface area contributed by atoms with Gasteiger partial charge in [-0.05, 0) is 50.7 Å². The topological polar surface area (TPSA) is 139 Å². The van der Waals surface area contributed by atoms with E-state index < -0.39 is 41.3 Å². The van der Waals surface area contributed by atoms with Crippen LogP contribution in [0, 0.1) is 11.3 Å². The third-order valence-electron chi connectivity index (χ3n) is 6.48. The quantitative estimate of drug-likeness (QED) is 0.355. The van der Waals surface area contributed by atoms with Crippen LogP contribution in [0.2, 0.25) is 5.02 Å². The molecule has 10 nitrogen and oxygen atoms in total. The van der Waals surface area contributed by atoms with Gasteiger partial charge >= 0.3 is 5.97 Å². The highest BCUT2D eigenvalue weighted by atomic mass is 35.5. The number of ether oxygens (including phenoxy) is 2. The smallest absolute Gasteiger partial charge is 0.328 e. The van der Waals surface area contributed by atoms with E-state index in [4.69, 9.17) is 21.1 Å². The fourth-order valence-electron chi connectivity index (χ4n) is 4.77. The van der Waals surface area contributed by atoms with Crippen molar-refractivity contribution in [2.24, 2.45) is 11.3 Å². The molecule has 0 aliphatic carbocycles. The zero-order valence-corrected chi connectivity index (χ0v) is 23.7. The first-order valence-corrected chi connectivity index (χ1v) is 12.9. The number of carbonyl (C=O) groups is 4. The highest BCUT2D eigenvalue weighted by molar-refractivity contribution is 6.35. The number of hydrogen-bond donors (Lipinski definition) is 4. The van der Waals surface area contributed by atoms with Crippen LogP contribution >= 0.6 is 11.6 Å². The van der Waals surface area contributed by atoms with Crippen molar-refractivity contribution in [2.45, 2.75) is 71.5 Å². The van der Waals surface area contributed by atoms with Gasteiger partial charge in [-0.3, -0.25) is 14.4 Å². The molecule has 2 heterocycles. The largest absolute Gasteiger partial charge is 0.497 e. The first-order chi connectivity index (χ1) is 17.6. The van der Waals surface area contributed by atoms with Gasteiger partial charge in [0.25, 0.3) is 5.91 Å². The van der Waals surface area contributed by atoms with E-state index >= 15 is 0 Å². The predicted octanol–water partition coefficient (Wildman–Crippen LogP) is 3.33. The van der Waals surface area contributed by atoms with Gasteiger partial charge < -0.3 is 30.4 Å². The number of hydrogen-bond acceptors (Lipinski definition) is 6. The van der Waals surface area contributed by atoms with Crippen LogP contribution in [0.25, 0.3) is 10.9 Å². The van der Waals surface area contributed by atoms with Crippen molar-refractivity contribution in [2.75, 3.05) is 14.2 Å². The summed E-state index contributed by atoms with van der Waals surface area (Å²) in [5, 5.41) is 9.47. The SMILES string of the molecule is COC(=O)C(C[C@@H]1CC(C)(C)NC1=O)NC(=O)[C@H](CC(C)(C)C)NC(=O)c1cc2cc(OC)cc(Cl)c2[nH]1. The van der Waals surface area contributed by atoms with E-state index in [1.54, 1.807) is 18.2 Å². The summed E-state index contributed by atoms with van der Waals surface area (Å²) >= 11 is 6.32. The summed E-state index contributed by atoms with van der Waals surface area (Å²) in [7, 11) is 2.75. The standard InChI is InChI=1S/C27H37ClN4O6/c1-26(2,3)13-20(31-23(34)18-9-14-8-16(37-6)11-17(28)21(14)29-18)24(35)30-19(25(36)38-7)10-15-12-27(4,5)32-22(15)33/h8-9,11,15,19-20,29H,10,12-13H2,1-7H3,(H,30,35)(H,31,34)(H,32,33)/t15-,19?,20+/m1/s1. The molecule has 38 heavy (non-hydrogen) atoms. The maximum absolute atomic E-state index is 13.4. The molecule has 0 radical (unpaired) electrons. The lowest BCUT2D eigenvalue weighted by molar-refractivity contribution is -0.146. The number of esters is 1. The van der Waals surface area contributed by atoms with Crippen LogP contribution in [-0.2, 0) is 19.1 Å². The van der Waals surface area contributed by atoms with E-state index in [2.05, 4.69) is 20.9 Å². The van der Waals surface area contributed by atoms with Crippen LogP contribution < -0.4 is 20.7 Å².